The largest absolute Gasteiger partial charge is 0.468 e. The maximum absolute atomic E-state index is 12.5. The molecule has 0 aliphatic heterocycles. The van der Waals surface area contributed by atoms with Crippen molar-refractivity contribution in [2.24, 2.45) is 5.92 Å². The van der Waals surface area contributed by atoms with Crippen LogP contribution in [0.1, 0.15) is 50.3 Å². The number of esters is 2. The van der Waals surface area contributed by atoms with Crippen LogP contribution in [0, 0.1) is 5.92 Å². The number of carbonyl (C=O) groups excluding carboxylic acids is 2. The molecule has 3 aromatic rings. The first-order chi connectivity index (χ1) is 17.8. The second-order valence-electron chi connectivity index (χ2n) is 9.73. The Morgan fingerprint density at radius 3 is 1.59 bits per heavy atom. The zero-order chi connectivity index (χ0) is 26.7. The molecule has 5 heteroatoms. The SMILES string of the molecule is COC(=O)C(C/C=C/CCOC(c1ccccc1)(c1ccccc1)c1ccccc1)C(=O)OC(C)(C)C. The van der Waals surface area contributed by atoms with Crippen molar-refractivity contribution in [1.29, 1.82) is 0 Å². The Morgan fingerprint density at radius 1 is 0.730 bits per heavy atom. The van der Waals surface area contributed by atoms with Gasteiger partial charge in [-0.3, -0.25) is 9.59 Å². The summed E-state index contributed by atoms with van der Waals surface area (Å²) < 4.78 is 17.0. The molecule has 0 aromatic heterocycles. The lowest BCUT2D eigenvalue weighted by atomic mass is 9.80. The highest BCUT2D eigenvalue weighted by Crippen LogP contribution is 2.40. The van der Waals surface area contributed by atoms with Crippen molar-refractivity contribution in [3.8, 4) is 0 Å². The fourth-order valence-corrected chi connectivity index (χ4v) is 4.20. The molecule has 3 rings (SSSR count). The van der Waals surface area contributed by atoms with Gasteiger partial charge < -0.3 is 14.2 Å². The number of hydrogen-bond donors (Lipinski definition) is 0. The second kappa shape index (κ2) is 13.0. The number of ether oxygens (including phenoxy) is 3. The molecule has 0 spiro atoms. The van der Waals surface area contributed by atoms with E-state index in [1.54, 1.807) is 20.8 Å². The van der Waals surface area contributed by atoms with Crippen LogP contribution in [0.3, 0.4) is 0 Å². The van der Waals surface area contributed by atoms with Crippen molar-refractivity contribution in [2.45, 2.75) is 44.8 Å². The van der Waals surface area contributed by atoms with Crippen LogP contribution in [0.15, 0.2) is 103 Å². The van der Waals surface area contributed by atoms with Gasteiger partial charge in [-0.2, -0.15) is 0 Å². The maximum Gasteiger partial charge on any atom is 0.321 e. The lowest BCUT2D eigenvalue weighted by Crippen LogP contribution is -2.33. The summed E-state index contributed by atoms with van der Waals surface area (Å²) in [5.41, 5.74) is 1.63. The molecule has 1 atom stereocenters. The summed E-state index contributed by atoms with van der Waals surface area (Å²) in [5.74, 6) is -2.19. The lowest BCUT2D eigenvalue weighted by Gasteiger charge is -2.36. The number of allylic oxidation sites excluding steroid dienone is 1. The summed E-state index contributed by atoms with van der Waals surface area (Å²) in [6, 6.07) is 30.6. The quantitative estimate of drug-likeness (QED) is 0.0994. The van der Waals surface area contributed by atoms with Gasteiger partial charge in [0.25, 0.3) is 0 Å². The van der Waals surface area contributed by atoms with Crippen LogP contribution in [0.2, 0.25) is 0 Å². The van der Waals surface area contributed by atoms with Crippen LogP contribution in [-0.4, -0.2) is 31.3 Å². The molecule has 5 nitrogen and oxygen atoms in total. The number of rotatable bonds is 11. The van der Waals surface area contributed by atoms with E-state index < -0.39 is 29.1 Å². The zero-order valence-corrected chi connectivity index (χ0v) is 22.1. The van der Waals surface area contributed by atoms with Crippen molar-refractivity contribution in [3.05, 3.63) is 120 Å². The molecule has 37 heavy (non-hydrogen) atoms. The Balaban J connectivity index is 1.79. The van der Waals surface area contributed by atoms with Crippen LogP contribution >= 0.6 is 0 Å². The summed E-state index contributed by atoms with van der Waals surface area (Å²) in [6.07, 6.45) is 4.52. The van der Waals surface area contributed by atoms with E-state index in [0.717, 1.165) is 16.7 Å². The van der Waals surface area contributed by atoms with E-state index in [2.05, 4.69) is 36.4 Å². The van der Waals surface area contributed by atoms with E-state index in [0.29, 0.717) is 13.0 Å². The molecule has 0 N–H and O–H groups in total. The molecule has 0 bridgehead atoms. The molecule has 1 unspecified atom stereocenters. The Kier molecular flexibility index (Phi) is 9.81. The first-order valence-electron chi connectivity index (χ1n) is 12.5. The Labute approximate surface area is 220 Å². The minimum atomic E-state index is -1.00. The van der Waals surface area contributed by atoms with Crippen LogP contribution in [-0.2, 0) is 29.4 Å². The average Bonchev–Trinajstić information content (AvgIpc) is 2.90. The predicted octanol–water partition coefficient (Wildman–Crippen LogP) is 6.46. The van der Waals surface area contributed by atoms with Crippen LogP contribution in [0.4, 0.5) is 0 Å². The molecule has 194 valence electrons. The smallest absolute Gasteiger partial charge is 0.321 e. The van der Waals surface area contributed by atoms with Crippen molar-refractivity contribution in [3.63, 3.8) is 0 Å². The lowest BCUT2D eigenvalue weighted by molar-refractivity contribution is -0.167. The summed E-state index contributed by atoms with van der Waals surface area (Å²) in [7, 11) is 1.27. The molecule has 0 saturated carbocycles. The molecule has 0 fully saturated rings. The third-order valence-corrected chi connectivity index (χ3v) is 5.86. The second-order valence-corrected chi connectivity index (χ2v) is 9.73. The van der Waals surface area contributed by atoms with Gasteiger partial charge in [0, 0.05) is 0 Å². The van der Waals surface area contributed by atoms with Gasteiger partial charge in [0.05, 0.1) is 13.7 Å². The summed E-state index contributed by atoms with van der Waals surface area (Å²) in [6.45, 7) is 5.73. The predicted molar refractivity (Wildman–Crippen MR) is 145 cm³/mol. The van der Waals surface area contributed by atoms with Gasteiger partial charge in [-0.05, 0) is 50.3 Å². The molecule has 0 radical (unpaired) electrons. The summed E-state index contributed by atoms with van der Waals surface area (Å²) >= 11 is 0. The molecular formula is C32H36O5. The average molecular weight is 501 g/mol. The zero-order valence-electron chi connectivity index (χ0n) is 22.1. The highest BCUT2D eigenvalue weighted by molar-refractivity contribution is 5.95. The van der Waals surface area contributed by atoms with E-state index in [9.17, 15) is 9.59 Å². The first kappa shape index (κ1) is 27.9. The fraction of sp³-hybridized carbons (Fsp3) is 0.312. The van der Waals surface area contributed by atoms with Gasteiger partial charge in [-0.1, -0.05) is 103 Å². The van der Waals surface area contributed by atoms with E-state index in [1.165, 1.54) is 7.11 Å². The third kappa shape index (κ3) is 7.40. The van der Waals surface area contributed by atoms with Crippen LogP contribution in [0.5, 0.6) is 0 Å². The topological polar surface area (TPSA) is 61.8 Å². The Hall–Kier alpha value is -3.70. The number of hydrogen-bond acceptors (Lipinski definition) is 5. The minimum Gasteiger partial charge on any atom is -0.468 e. The monoisotopic (exact) mass is 500 g/mol. The summed E-state index contributed by atoms with van der Waals surface area (Å²) in [5, 5.41) is 0. The Morgan fingerprint density at radius 2 is 1.19 bits per heavy atom. The van der Waals surface area contributed by atoms with E-state index in [1.807, 2.05) is 66.7 Å². The van der Waals surface area contributed by atoms with Crippen molar-refractivity contribution >= 4 is 11.9 Å². The normalized spacial score (nSPS) is 12.8. The van der Waals surface area contributed by atoms with Crippen molar-refractivity contribution < 1.29 is 23.8 Å². The van der Waals surface area contributed by atoms with Gasteiger partial charge in [0.15, 0.2) is 5.92 Å². The van der Waals surface area contributed by atoms with Crippen LogP contribution < -0.4 is 0 Å². The molecule has 3 aromatic carbocycles. The van der Waals surface area contributed by atoms with Crippen molar-refractivity contribution in [1.82, 2.24) is 0 Å². The van der Waals surface area contributed by atoms with Crippen molar-refractivity contribution in [2.75, 3.05) is 13.7 Å². The minimum absolute atomic E-state index is 0.197. The van der Waals surface area contributed by atoms with Gasteiger partial charge in [-0.25, -0.2) is 0 Å². The molecule has 0 aliphatic rings. The van der Waals surface area contributed by atoms with E-state index in [-0.39, 0.29) is 6.42 Å². The van der Waals surface area contributed by atoms with Gasteiger partial charge in [0.2, 0.25) is 0 Å². The molecular weight excluding hydrogens is 464 g/mol. The van der Waals surface area contributed by atoms with Gasteiger partial charge in [0.1, 0.15) is 11.2 Å². The number of carbonyl (C=O) groups is 2. The highest BCUT2D eigenvalue weighted by atomic mass is 16.6. The fourth-order valence-electron chi connectivity index (χ4n) is 4.20. The Bertz CT molecular complexity index is 1050. The number of benzene rings is 3. The van der Waals surface area contributed by atoms with E-state index in [4.69, 9.17) is 14.2 Å². The third-order valence-electron chi connectivity index (χ3n) is 5.86. The molecule has 0 saturated heterocycles. The van der Waals surface area contributed by atoms with E-state index >= 15 is 0 Å². The molecule has 0 aliphatic carbocycles. The van der Waals surface area contributed by atoms with Gasteiger partial charge >= 0.3 is 11.9 Å². The first-order valence-corrected chi connectivity index (χ1v) is 12.5. The van der Waals surface area contributed by atoms with Gasteiger partial charge in [-0.15, -0.1) is 0 Å². The number of methoxy groups -OCH3 is 1. The summed E-state index contributed by atoms with van der Waals surface area (Å²) in [4.78, 5) is 24.7. The standard InChI is InChI=1S/C32H36O5/c1-31(2,3)37-30(34)28(29(33)35-4)23-15-8-16-24-36-32(25-17-9-5-10-18-25,26-19-11-6-12-20-26)27-21-13-7-14-22-27/h5-15,17-22,28H,16,23-24H2,1-4H3/b15-8+. The molecule has 0 heterocycles. The maximum atomic E-state index is 12.5. The highest BCUT2D eigenvalue weighted by Gasteiger charge is 2.37. The van der Waals surface area contributed by atoms with Crippen LogP contribution in [0.25, 0.3) is 0 Å². The molecule has 0 amide bonds.